The molecule has 2 N–H and O–H groups in total. The van der Waals surface area contributed by atoms with Gasteiger partial charge in [0.15, 0.2) is 0 Å². The van der Waals surface area contributed by atoms with Crippen LogP contribution in [0.25, 0.3) is 11.4 Å². The zero-order chi connectivity index (χ0) is 25.9. The van der Waals surface area contributed by atoms with Gasteiger partial charge in [-0.15, -0.1) is 0 Å². The highest BCUT2D eigenvalue weighted by atomic mass is 19.1. The minimum Gasteiger partial charge on any atom is -0.359 e. The van der Waals surface area contributed by atoms with E-state index in [2.05, 4.69) is 15.6 Å². The number of carbonyl (C=O) groups is 2. The molecule has 0 saturated heterocycles. The number of imidazole rings is 1. The van der Waals surface area contributed by atoms with E-state index in [1.165, 1.54) is 12.1 Å². The molecule has 2 amide bonds. The summed E-state index contributed by atoms with van der Waals surface area (Å²) in [6.45, 7) is 0. The third-order valence-electron chi connectivity index (χ3n) is 6.49. The summed E-state index contributed by atoms with van der Waals surface area (Å²) in [5.41, 5.74) is 5.10. The maximum absolute atomic E-state index is 13.9. The molecule has 1 aliphatic heterocycles. The number of aromatic nitrogens is 2. The van der Waals surface area contributed by atoms with Crippen molar-refractivity contribution < 1.29 is 14.0 Å². The van der Waals surface area contributed by atoms with Crippen LogP contribution in [0.2, 0.25) is 0 Å². The molecule has 1 unspecified atom stereocenters. The Labute approximate surface area is 214 Å². The molecular formula is C29H26FN5O2. The van der Waals surface area contributed by atoms with Gasteiger partial charge in [0.2, 0.25) is 11.8 Å². The van der Waals surface area contributed by atoms with Crippen molar-refractivity contribution in [3.8, 4) is 11.4 Å². The molecule has 8 heteroatoms. The molecule has 1 aromatic heterocycles. The van der Waals surface area contributed by atoms with Crippen molar-refractivity contribution in [3.63, 3.8) is 0 Å². The Morgan fingerprint density at radius 3 is 2.54 bits per heavy atom. The number of rotatable bonds is 7. The van der Waals surface area contributed by atoms with Gasteiger partial charge >= 0.3 is 0 Å². The third-order valence-corrected chi connectivity index (χ3v) is 6.49. The maximum atomic E-state index is 13.9. The Morgan fingerprint density at radius 1 is 1.11 bits per heavy atom. The zero-order valence-electron chi connectivity index (χ0n) is 20.5. The number of anilines is 1. The second kappa shape index (κ2) is 10.2. The number of nitrogens with zero attached hydrogens (tertiary/aromatic N) is 3. The smallest absolute Gasteiger partial charge is 0.238 e. The second-order valence-corrected chi connectivity index (χ2v) is 8.93. The number of fused-ring (bicyclic) bond motifs is 1. The van der Waals surface area contributed by atoms with E-state index < -0.39 is 11.7 Å². The molecular weight excluding hydrogens is 469 g/mol. The van der Waals surface area contributed by atoms with Gasteiger partial charge in [-0.05, 0) is 59.5 Å². The van der Waals surface area contributed by atoms with Crippen LogP contribution >= 0.6 is 0 Å². The quantitative estimate of drug-likeness (QED) is 0.362. The number of hydrogen-bond acceptors (Lipinski definition) is 4. The van der Waals surface area contributed by atoms with E-state index >= 15 is 0 Å². The highest BCUT2D eigenvalue weighted by molar-refractivity contribution is 6.24. The molecule has 0 aliphatic carbocycles. The van der Waals surface area contributed by atoms with Crippen molar-refractivity contribution in [3.05, 3.63) is 102 Å². The molecule has 0 radical (unpaired) electrons. The Morgan fingerprint density at radius 2 is 1.86 bits per heavy atom. The number of aryl methyl sites for hydroxylation is 2. The largest absolute Gasteiger partial charge is 0.359 e. The van der Waals surface area contributed by atoms with Gasteiger partial charge in [0.25, 0.3) is 0 Å². The fourth-order valence-electron chi connectivity index (χ4n) is 4.49. The van der Waals surface area contributed by atoms with Crippen LogP contribution < -0.4 is 10.6 Å². The standard InChI is InChI=1S/C29H26FN5O2/c1-31-25(36)14-5-18-3-6-19(7-4-18)27(26-23-13-10-21(30)17-24(23)34-29(26)37)33-22-11-8-20(9-12-22)28-32-15-16-35(28)2/h3-4,6-13,15-17,26H,5,14H2,1-2H3,(H,31,36)(H,34,37). The zero-order valence-corrected chi connectivity index (χ0v) is 20.5. The first kappa shape index (κ1) is 24.1. The lowest BCUT2D eigenvalue weighted by atomic mass is 9.90. The molecule has 5 rings (SSSR count). The van der Waals surface area contributed by atoms with Gasteiger partial charge < -0.3 is 15.2 Å². The summed E-state index contributed by atoms with van der Waals surface area (Å²) < 4.78 is 15.8. The molecule has 4 aromatic rings. The number of halogens is 1. The van der Waals surface area contributed by atoms with Gasteiger partial charge in [0, 0.05) is 44.2 Å². The summed E-state index contributed by atoms with van der Waals surface area (Å²) in [6, 6.07) is 19.7. The summed E-state index contributed by atoms with van der Waals surface area (Å²) >= 11 is 0. The molecule has 37 heavy (non-hydrogen) atoms. The lowest BCUT2D eigenvalue weighted by Gasteiger charge is -2.15. The molecule has 0 fully saturated rings. The van der Waals surface area contributed by atoms with Crippen molar-refractivity contribution in [1.82, 2.24) is 14.9 Å². The molecule has 0 bridgehead atoms. The lowest BCUT2D eigenvalue weighted by molar-refractivity contribution is -0.120. The van der Waals surface area contributed by atoms with E-state index in [4.69, 9.17) is 4.99 Å². The first-order valence-electron chi connectivity index (χ1n) is 12.0. The second-order valence-electron chi connectivity index (χ2n) is 8.93. The summed E-state index contributed by atoms with van der Waals surface area (Å²) in [4.78, 5) is 34.0. The van der Waals surface area contributed by atoms with Crippen molar-refractivity contribution in [1.29, 1.82) is 0 Å². The van der Waals surface area contributed by atoms with Crippen LogP contribution in [0.1, 0.15) is 29.0 Å². The lowest BCUT2D eigenvalue weighted by Crippen LogP contribution is -2.22. The minimum absolute atomic E-state index is 0.0215. The van der Waals surface area contributed by atoms with Crippen LogP contribution in [-0.2, 0) is 23.1 Å². The number of benzene rings is 3. The maximum Gasteiger partial charge on any atom is 0.238 e. The van der Waals surface area contributed by atoms with Gasteiger partial charge in [0.05, 0.1) is 11.4 Å². The Hall–Kier alpha value is -4.59. The van der Waals surface area contributed by atoms with Crippen LogP contribution in [0.5, 0.6) is 0 Å². The van der Waals surface area contributed by atoms with E-state index in [1.54, 1.807) is 19.3 Å². The van der Waals surface area contributed by atoms with Crippen molar-refractivity contribution >= 4 is 28.9 Å². The molecule has 0 spiro atoms. The van der Waals surface area contributed by atoms with Crippen LogP contribution in [0, 0.1) is 5.82 Å². The molecule has 1 atom stereocenters. The van der Waals surface area contributed by atoms with E-state index in [9.17, 15) is 14.0 Å². The number of aliphatic imine (C=N–C) groups is 1. The van der Waals surface area contributed by atoms with Gasteiger partial charge in [-0.1, -0.05) is 30.3 Å². The first-order valence-corrected chi connectivity index (χ1v) is 12.0. The van der Waals surface area contributed by atoms with Crippen LogP contribution in [0.3, 0.4) is 0 Å². The van der Waals surface area contributed by atoms with Crippen molar-refractivity contribution in [2.75, 3.05) is 12.4 Å². The molecule has 1 aliphatic rings. The summed E-state index contributed by atoms with van der Waals surface area (Å²) in [7, 11) is 3.55. The molecule has 3 aromatic carbocycles. The fourth-order valence-corrected chi connectivity index (χ4v) is 4.49. The van der Waals surface area contributed by atoms with Gasteiger partial charge in [-0.2, -0.15) is 0 Å². The number of carbonyl (C=O) groups excluding carboxylic acids is 2. The fraction of sp³-hybridized carbons (Fsp3) is 0.172. The Bertz CT molecular complexity index is 1490. The summed E-state index contributed by atoms with van der Waals surface area (Å²) in [5, 5.41) is 5.42. The minimum atomic E-state index is -0.693. The SMILES string of the molecule is CNC(=O)CCc1ccc(C(=Nc2ccc(-c3nccn3C)cc2)C2C(=O)Nc3cc(F)ccc32)cc1. The highest BCUT2D eigenvalue weighted by Crippen LogP contribution is 2.37. The van der Waals surface area contributed by atoms with E-state index in [0.29, 0.717) is 35.5 Å². The van der Waals surface area contributed by atoms with E-state index in [1.807, 2.05) is 66.3 Å². The van der Waals surface area contributed by atoms with Gasteiger partial charge in [-0.3, -0.25) is 14.6 Å². The van der Waals surface area contributed by atoms with Crippen LogP contribution in [-0.4, -0.2) is 34.1 Å². The summed E-state index contributed by atoms with van der Waals surface area (Å²) in [5.74, 6) is -0.543. The average Bonchev–Trinajstić information content (AvgIpc) is 3.48. The van der Waals surface area contributed by atoms with E-state index in [0.717, 1.165) is 22.5 Å². The summed E-state index contributed by atoms with van der Waals surface area (Å²) in [6.07, 6.45) is 4.63. The van der Waals surface area contributed by atoms with Gasteiger partial charge in [-0.25, -0.2) is 9.37 Å². The molecule has 186 valence electrons. The van der Waals surface area contributed by atoms with Crippen LogP contribution in [0.4, 0.5) is 15.8 Å². The normalized spacial score (nSPS) is 14.8. The number of hydrogen-bond donors (Lipinski definition) is 2. The highest BCUT2D eigenvalue weighted by Gasteiger charge is 2.35. The monoisotopic (exact) mass is 495 g/mol. The van der Waals surface area contributed by atoms with Crippen molar-refractivity contribution in [2.24, 2.45) is 12.0 Å². The molecule has 7 nitrogen and oxygen atoms in total. The number of amides is 2. The molecule has 0 saturated carbocycles. The van der Waals surface area contributed by atoms with Crippen LogP contribution in [0.15, 0.2) is 84.1 Å². The predicted molar refractivity (Wildman–Crippen MR) is 141 cm³/mol. The third kappa shape index (κ3) is 5.04. The van der Waals surface area contributed by atoms with E-state index in [-0.39, 0.29) is 11.8 Å². The number of nitrogens with one attached hydrogen (secondary N) is 2. The topological polar surface area (TPSA) is 88.4 Å². The average molecular weight is 496 g/mol. The van der Waals surface area contributed by atoms with Crippen molar-refractivity contribution in [2.45, 2.75) is 18.8 Å². The van der Waals surface area contributed by atoms with Gasteiger partial charge in [0.1, 0.15) is 17.6 Å². The predicted octanol–water partition coefficient (Wildman–Crippen LogP) is 4.76. The Kier molecular flexibility index (Phi) is 6.64. The first-order chi connectivity index (χ1) is 17.9. The Balaban J connectivity index is 1.53. The molecule has 2 heterocycles.